The van der Waals surface area contributed by atoms with Gasteiger partial charge in [-0.25, -0.2) is 9.67 Å². The maximum atomic E-state index is 13.3. The van der Waals surface area contributed by atoms with E-state index < -0.39 is 0 Å². The zero-order valence-electron chi connectivity index (χ0n) is 15.8. The fourth-order valence-electron chi connectivity index (χ4n) is 3.18. The van der Waals surface area contributed by atoms with E-state index in [-0.39, 0.29) is 22.7 Å². The van der Waals surface area contributed by atoms with Gasteiger partial charge >= 0.3 is 0 Å². The van der Waals surface area contributed by atoms with Crippen LogP contribution in [0.3, 0.4) is 0 Å². The van der Waals surface area contributed by atoms with Crippen LogP contribution in [0.1, 0.15) is 59.8 Å². The number of thioether (sulfide) groups is 1. The molecule has 2 aromatic heterocycles. The van der Waals surface area contributed by atoms with E-state index in [0.29, 0.717) is 5.16 Å². The van der Waals surface area contributed by atoms with Gasteiger partial charge in [0.1, 0.15) is 0 Å². The molecule has 9 heteroatoms. The number of aromatic nitrogens is 5. The highest BCUT2D eigenvalue weighted by atomic mass is 32.2. The lowest BCUT2D eigenvalue weighted by Crippen LogP contribution is -2.45. The minimum Gasteiger partial charge on any atom is -0.284 e. The third-order valence-corrected chi connectivity index (χ3v) is 6.30. The van der Waals surface area contributed by atoms with E-state index in [0.717, 1.165) is 18.0 Å². The van der Waals surface area contributed by atoms with Crippen LogP contribution in [0.25, 0.3) is 0 Å². The van der Waals surface area contributed by atoms with Gasteiger partial charge < -0.3 is 0 Å². The molecule has 0 radical (unpaired) electrons. The SMILES string of the molecule is C[C@@H](Sc1nnnn1C(C)(C)C)C(=O)N(c1nccs1)C1CCCCC1. The van der Waals surface area contributed by atoms with Gasteiger partial charge in [-0.2, -0.15) is 0 Å². The lowest BCUT2D eigenvalue weighted by Gasteiger charge is -2.34. The van der Waals surface area contributed by atoms with Gasteiger partial charge in [-0.15, -0.1) is 16.4 Å². The Morgan fingerprint density at radius 2 is 2.08 bits per heavy atom. The van der Waals surface area contributed by atoms with Gasteiger partial charge in [-0.3, -0.25) is 9.69 Å². The van der Waals surface area contributed by atoms with Gasteiger partial charge in [0.15, 0.2) is 5.13 Å². The molecule has 0 aromatic carbocycles. The summed E-state index contributed by atoms with van der Waals surface area (Å²) in [5.41, 5.74) is -0.229. The summed E-state index contributed by atoms with van der Waals surface area (Å²) in [4.78, 5) is 19.7. The molecule has 1 aliphatic rings. The van der Waals surface area contributed by atoms with Crippen molar-refractivity contribution in [2.24, 2.45) is 0 Å². The molecule has 26 heavy (non-hydrogen) atoms. The fourth-order valence-corrected chi connectivity index (χ4v) is 4.92. The monoisotopic (exact) mass is 394 g/mol. The van der Waals surface area contributed by atoms with E-state index in [1.165, 1.54) is 42.4 Å². The standard InChI is InChI=1S/C17H26N6OS2/c1-12(26-16-19-20-21-23(16)17(2,3)4)14(24)22(15-18-10-11-25-15)13-8-6-5-7-9-13/h10-13H,5-9H2,1-4H3/t12-/m1/s1. The molecule has 0 unspecified atom stereocenters. The number of rotatable bonds is 5. The third kappa shape index (κ3) is 4.25. The Hall–Kier alpha value is -1.48. The highest BCUT2D eigenvalue weighted by Gasteiger charge is 2.33. The molecule has 2 heterocycles. The molecule has 1 saturated carbocycles. The predicted octanol–water partition coefficient (Wildman–Crippen LogP) is 3.73. The molecule has 142 valence electrons. The molecule has 0 N–H and O–H groups in total. The first-order valence-electron chi connectivity index (χ1n) is 9.06. The molecule has 7 nitrogen and oxygen atoms in total. The van der Waals surface area contributed by atoms with E-state index >= 15 is 0 Å². The number of carbonyl (C=O) groups excluding carboxylic acids is 1. The van der Waals surface area contributed by atoms with Gasteiger partial charge in [-0.05, 0) is 51.0 Å². The summed E-state index contributed by atoms with van der Waals surface area (Å²) in [5, 5.41) is 15.1. The number of amides is 1. The van der Waals surface area contributed by atoms with Crippen LogP contribution in [0.15, 0.2) is 16.7 Å². The van der Waals surface area contributed by atoms with Crippen molar-refractivity contribution in [3.05, 3.63) is 11.6 Å². The summed E-state index contributed by atoms with van der Waals surface area (Å²) >= 11 is 2.94. The molecule has 0 spiro atoms. The van der Waals surface area contributed by atoms with Gasteiger partial charge in [-0.1, -0.05) is 31.0 Å². The number of thiazole rings is 1. The summed E-state index contributed by atoms with van der Waals surface area (Å²) < 4.78 is 1.77. The van der Waals surface area contributed by atoms with E-state index in [4.69, 9.17) is 0 Å². The van der Waals surface area contributed by atoms with Crippen LogP contribution < -0.4 is 4.90 Å². The van der Waals surface area contributed by atoms with Crippen LogP contribution in [-0.2, 0) is 10.3 Å². The van der Waals surface area contributed by atoms with Crippen molar-refractivity contribution in [1.29, 1.82) is 0 Å². The van der Waals surface area contributed by atoms with E-state index in [1.807, 2.05) is 38.0 Å². The van der Waals surface area contributed by atoms with E-state index in [1.54, 1.807) is 10.9 Å². The first kappa shape index (κ1) is 19.3. The van der Waals surface area contributed by atoms with E-state index in [9.17, 15) is 4.79 Å². The second-order valence-electron chi connectivity index (χ2n) is 7.62. The zero-order valence-corrected chi connectivity index (χ0v) is 17.4. The largest absolute Gasteiger partial charge is 0.284 e. The Bertz CT molecular complexity index is 718. The Kier molecular flexibility index (Phi) is 5.96. The lowest BCUT2D eigenvalue weighted by atomic mass is 9.94. The summed E-state index contributed by atoms with van der Waals surface area (Å²) in [5.74, 6) is 0.0836. The van der Waals surface area contributed by atoms with Crippen LogP contribution in [0, 0.1) is 0 Å². The number of hydrogen-bond acceptors (Lipinski definition) is 7. The first-order valence-corrected chi connectivity index (χ1v) is 10.8. The number of anilines is 1. The summed E-state index contributed by atoms with van der Waals surface area (Å²) in [6.07, 6.45) is 7.44. The molecule has 3 rings (SSSR count). The van der Waals surface area contributed by atoms with Gasteiger partial charge in [0, 0.05) is 17.6 Å². The number of hydrogen-bond donors (Lipinski definition) is 0. The topological polar surface area (TPSA) is 76.8 Å². The van der Waals surface area contributed by atoms with Gasteiger partial charge in [0.05, 0.1) is 10.8 Å². The van der Waals surface area contributed by atoms with Crippen LogP contribution >= 0.6 is 23.1 Å². The second kappa shape index (κ2) is 8.04. The van der Waals surface area contributed by atoms with Crippen molar-refractivity contribution < 1.29 is 4.79 Å². The molecular weight excluding hydrogens is 368 g/mol. The molecular formula is C17H26N6OS2. The van der Waals surface area contributed by atoms with Crippen LogP contribution in [0.2, 0.25) is 0 Å². The molecule has 0 saturated heterocycles. The second-order valence-corrected chi connectivity index (χ2v) is 9.80. The van der Waals surface area contributed by atoms with Gasteiger partial charge in [0.2, 0.25) is 11.1 Å². The normalized spacial score (nSPS) is 17.2. The van der Waals surface area contributed by atoms with Crippen molar-refractivity contribution in [2.45, 2.75) is 81.8 Å². The van der Waals surface area contributed by atoms with Crippen molar-refractivity contribution >= 4 is 34.1 Å². The molecule has 1 fully saturated rings. The predicted molar refractivity (Wildman–Crippen MR) is 105 cm³/mol. The Balaban J connectivity index is 1.79. The minimum atomic E-state index is -0.284. The minimum absolute atomic E-state index is 0.0836. The van der Waals surface area contributed by atoms with Crippen molar-refractivity contribution in [3.63, 3.8) is 0 Å². The fraction of sp³-hybridized carbons (Fsp3) is 0.706. The molecule has 1 aliphatic carbocycles. The number of tetrazole rings is 1. The summed E-state index contributed by atoms with van der Waals surface area (Å²) in [7, 11) is 0. The first-order chi connectivity index (χ1) is 12.4. The third-order valence-electron chi connectivity index (χ3n) is 4.51. The molecule has 1 amide bonds. The Morgan fingerprint density at radius 3 is 2.69 bits per heavy atom. The number of carbonyl (C=O) groups is 1. The van der Waals surface area contributed by atoms with Crippen LogP contribution in [0.5, 0.6) is 0 Å². The van der Waals surface area contributed by atoms with Crippen LogP contribution in [0.4, 0.5) is 5.13 Å². The summed E-state index contributed by atoms with van der Waals surface area (Å²) in [6, 6.07) is 0.240. The maximum absolute atomic E-state index is 13.3. The maximum Gasteiger partial charge on any atom is 0.242 e. The highest BCUT2D eigenvalue weighted by molar-refractivity contribution is 8.00. The highest BCUT2D eigenvalue weighted by Crippen LogP contribution is 2.32. The van der Waals surface area contributed by atoms with Crippen molar-refractivity contribution in [2.75, 3.05) is 4.90 Å². The van der Waals surface area contributed by atoms with Crippen LogP contribution in [-0.4, -0.2) is 42.4 Å². The Labute approximate surface area is 162 Å². The smallest absolute Gasteiger partial charge is 0.242 e. The molecule has 2 aromatic rings. The quantitative estimate of drug-likeness (QED) is 0.719. The summed E-state index contributed by atoms with van der Waals surface area (Å²) in [6.45, 7) is 8.07. The van der Waals surface area contributed by atoms with E-state index in [2.05, 4.69) is 20.5 Å². The Morgan fingerprint density at radius 1 is 1.35 bits per heavy atom. The molecule has 0 bridgehead atoms. The average Bonchev–Trinajstić information content (AvgIpc) is 3.27. The van der Waals surface area contributed by atoms with Crippen molar-refractivity contribution in [1.82, 2.24) is 25.2 Å². The average molecular weight is 395 g/mol. The zero-order chi connectivity index (χ0) is 18.7. The number of nitrogens with zero attached hydrogens (tertiary/aromatic N) is 6. The molecule has 1 atom stereocenters. The van der Waals surface area contributed by atoms with Crippen molar-refractivity contribution in [3.8, 4) is 0 Å². The lowest BCUT2D eigenvalue weighted by molar-refractivity contribution is -0.118. The van der Waals surface area contributed by atoms with Gasteiger partial charge in [0.25, 0.3) is 0 Å². The molecule has 0 aliphatic heterocycles.